The summed E-state index contributed by atoms with van der Waals surface area (Å²) in [6, 6.07) is 6.30. The van der Waals surface area contributed by atoms with Gasteiger partial charge in [0.25, 0.3) is 0 Å². The highest BCUT2D eigenvalue weighted by Crippen LogP contribution is 2.21. The number of aryl methyl sites for hydroxylation is 1. The van der Waals surface area contributed by atoms with E-state index in [-0.39, 0.29) is 5.97 Å². The molecule has 0 fully saturated rings. The zero-order chi connectivity index (χ0) is 12.8. The van der Waals surface area contributed by atoms with Crippen molar-refractivity contribution in [2.24, 2.45) is 0 Å². The molecule has 1 rings (SSSR count). The van der Waals surface area contributed by atoms with Crippen LogP contribution < -0.4 is 4.90 Å². The fourth-order valence-electron chi connectivity index (χ4n) is 1.89. The second kappa shape index (κ2) is 6.28. The Balaban J connectivity index is 3.02. The second-order valence-electron chi connectivity index (χ2n) is 4.36. The lowest BCUT2D eigenvalue weighted by atomic mass is 10.0. The molecule has 1 aromatic rings. The number of benzene rings is 1. The minimum atomic E-state index is -0.193. The fraction of sp³-hybridized carbons (Fsp3) is 0.500. The summed E-state index contributed by atoms with van der Waals surface area (Å²) < 4.78 is 4.73. The molecule has 3 nitrogen and oxygen atoms in total. The quantitative estimate of drug-likeness (QED) is 0.734. The predicted molar refractivity (Wildman–Crippen MR) is 70.5 cm³/mol. The van der Waals surface area contributed by atoms with E-state index in [1.54, 1.807) is 0 Å². The van der Waals surface area contributed by atoms with Crippen LogP contribution in [0.3, 0.4) is 0 Å². The molecule has 0 heterocycles. The van der Waals surface area contributed by atoms with Gasteiger partial charge in [-0.15, -0.1) is 0 Å². The number of carbonyl (C=O) groups is 1. The highest BCUT2D eigenvalue weighted by Gasteiger charge is 2.10. The van der Waals surface area contributed by atoms with Crippen molar-refractivity contribution in [2.45, 2.75) is 26.2 Å². The molecular weight excluding hydrogens is 214 g/mol. The number of esters is 1. The summed E-state index contributed by atoms with van der Waals surface area (Å²) in [7, 11) is 5.39. The molecule has 1 aromatic carbocycles. The van der Waals surface area contributed by atoms with Crippen molar-refractivity contribution in [1.82, 2.24) is 0 Å². The van der Waals surface area contributed by atoms with E-state index in [0.717, 1.165) is 24.1 Å². The number of hydrogen-bond donors (Lipinski definition) is 0. The first-order chi connectivity index (χ1) is 8.08. The van der Waals surface area contributed by atoms with Crippen LogP contribution >= 0.6 is 0 Å². The van der Waals surface area contributed by atoms with Gasteiger partial charge in [0.15, 0.2) is 0 Å². The van der Waals surface area contributed by atoms with Crippen LogP contribution in [0.15, 0.2) is 18.2 Å². The van der Waals surface area contributed by atoms with Gasteiger partial charge in [-0.1, -0.05) is 25.5 Å². The topological polar surface area (TPSA) is 29.5 Å². The van der Waals surface area contributed by atoms with Crippen LogP contribution in [-0.2, 0) is 22.4 Å². The van der Waals surface area contributed by atoms with Crippen molar-refractivity contribution in [3.8, 4) is 0 Å². The van der Waals surface area contributed by atoms with Crippen molar-refractivity contribution in [3.63, 3.8) is 0 Å². The standard InChI is InChI=1S/C14H21NO2/c1-5-6-11-7-8-13(15(2)3)12(9-11)10-14(16)17-4/h7-9H,5-6,10H2,1-4H3. The Morgan fingerprint density at radius 3 is 2.59 bits per heavy atom. The maximum absolute atomic E-state index is 11.4. The minimum Gasteiger partial charge on any atom is -0.469 e. The molecule has 3 heteroatoms. The Kier molecular flexibility index (Phi) is 5.01. The maximum atomic E-state index is 11.4. The first-order valence-electron chi connectivity index (χ1n) is 5.94. The molecule has 17 heavy (non-hydrogen) atoms. The van der Waals surface area contributed by atoms with E-state index in [4.69, 9.17) is 4.74 Å². The van der Waals surface area contributed by atoms with E-state index in [1.807, 2.05) is 19.0 Å². The summed E-state index contributed by atoms with van der Waals surface area (Å²) in [4.78, 5) is 13.4. The molecular formula is C14H21NO2. The summed E-state index contributed by atoms with van der Waals surface area (Å²) >= 11 is 0. The largest absolute Gasteiger partial charge is 0.469 e. The number of hydrogen-bond acceptors (Lipinski definition) is 3. The molecule has 0 N–H and O–H groups in total. The molecule has 0 aliphatic rings. The van der Waals surface area contributed by atoms with E-state index in [2.05, 4.69) is 25.1 Å². The predicted octanol–water partition coefficient (Wildman–Crippen LogP) is 2.42. The molecule has 0 saturated carbocycles. The van der Waals surface area contributed by atoms with E-state index in [0.29, 0.717) is 6.42 Å². The van der Waals surface area contributed by atoms with Gasteiger partial charge in [-0.05, 0) is 23.6 Å². The number of anilines is 1. The van der Waals surface area contributed by atoms with E-state index in [1.165, 1.54) is 12.7 Å². The lowest BCUT2D eigenvalue weighted by Gasteiger charge is -2.18. The summed E-state index contributed by atoms with van der Waals surface area (Å²) in [5.74, 6) is -0.193. The minimum absolute atomic E-state index is 0.193. The van der Waals surface area contributed by atoms with Gasteiger partial charge in [0, 0.05) is 19.8 Å². The lowest BCUT2D eigenvalue weighted by Crippen LogP contribution is -2.14. The SMILES string of the molecule is CCCc1ccc(N(C)C)c(CC(=O)OC)c1. The van der Waals surface area contributed by atoms with Crippen LogP contribution in [0, 0.1) is 0 Å². The number of carbonyl (C=O) groups excluding carboxylic acids is 1. The van der Waals surface area contributed by atoms with Gasteiger partial charge < -0.3 is 9.64 Å². The van der Waals surface area contributed by atoms with E-state index >= 15 is 0 Å². The molecule has 0 aliphatic heterocycles. The molecule has 94 valence electrons. The highest BCUT2D eigenvalue weighted by molar-refractivity contribution is 5.75. The van der Waals surface area contributed by atoms with Crippen LogP contribution in [0.2, 0.25) is 0 Å². The molecule has 0 aliphatic carbocycles. The average molecular weight is 235 g/mol. The summed E-state index contributed by atoms with van der Waals surface area (Å²) in [6.45, 7) is 2.15. The van der Waals surface area contributed by atoms with Crippen molar-refractivity contribution < 1.29 is 9.53 Å². The van der Waals surface area contributed by atoms with Gasteiger partial charge in [0.1, 0.15) is 0 Å². The lowest BCUT2D eigenvalue weighted by molar-refractivity contribution is -0.139. The van der Waals surface area contributed by atoms with Crippen LogP contribution in [0.5, 0.6) is 0 Å². The molecule has 0 atom stereocenters. The normalized spacial score (nSPS) is 10.1. The monoisotopic (exact) mass is 235 g/mol. The van der Waals surface area contributed by atoms with Crippen molar-refractivity contribution in [1.29, 1.82) is 0 Å². The molecule has 0 unspecified atom stereocenters. The van der Waals surface area contributed by atoms with Crippen LogP contribution in [0.4, 0.5) is 5.69 Å². The van der Waals surface area contributed by atoms with Gasteiger partial charge in [-0.25, -0.2) is 0 Å². The molecule has 0 bridgehead atoms. The van der Waals surface area contributed by atoms with Gasteiger partial charge in [0.05, 0.1) is 13.5 Å². The number of rotatable bonds is 5. The maximum Gasteiger partial charge on any atom is 0.310 e. The third-order valence-corrected chi connectivity index (χ3v) is 2.73. The zero-order valence-corrected chi connectivity index (χ0v) is 11.1. The Labute approximate surface area is 103 Å². The number of methoxy groups -OCH3 is 1. The van der Waals surface area contributed by atoms with Crippen molar-refractivity contribution in [2.75, 3.05) is 26.1 Å². The first kappa shape index (κ1) is 13.6. The molecule has 0 amide bonds. The third-order valence-electron chi connectivity index (χ3n) is 2.73. The zero-order valence-electron chi connectivity index (χ0n) is 11.1. The Morgan fingerprint density at radius 1 is 1.35 bits per heavy atom. The Morgan fingerprint density at radius 2 is 2.06 bits per heavy atom. The number of nitrogens with zero attached hydrogens (tertiary/aromatic N) is 1. The average Bonchev–Trinajstić information content (AvgIpc) is 2.29. The van der Waals surface area contributed by atoms with Gasteiger partial charge in [0.2, 0.25) is 0 Å². The van der Waals surface area contributed by atoms with Crippen LogP contribution in [0.1, 0.15) is 24.5 Å². The summed E-state index contributed by atoms with van der Waals surface area (Å²) in [5, 5.41) is 0. The van der Waals surface area contributed by atoms with Crippen LogP contribution in [-0.4, -0.2) is 27.2 Å². The third kappa shape index (κ3) is 3.77. The van der Waals surface area contributed by atoms with Crippen molar-refractivity contribution >= 4 is 11.7 Å². The molecule has 0 aromatic heterocycles. The summed E-state index contributed by atoms with van der Waals surface area (Å²) in [5.41, 5.74) is 3.39. The van der Waals surface area contributed by atoms with Gasteiger partial charge >= 0.3 is 5.97 Å². The fourth-order valence-corrected chi connectivity index (χ4v) is 1.89. The summed E-state index contributed by atoms with van der Waals surface area (Å²) in [6.07, 6.45) is 2.49. The molecule has 0 spiro atoms. The van der Waals surface area contributed by atoms with E-state index < -0.39 is 0 Å². The van der Waals surface area contributed by atoms with Gasteiger partial charge in [-0.2, -0.15) is 0 Å². The Hall–Kier alpha value is -1.51. The molecule has 0 radical (unpaired) electrons. The van der Waals surface area contributed by atoms with Crippen LogP contribution in [0.25, 0.3) is 0 Å². The van der Waals surface area contributed by atoms with E-state index in [9.17, 15) is 4.79 Å². The second-order valence-corrected chi connectivity index (χ2v) is 4.36. The van der Waals surface area contributed by atoms with Gasteiger partial charge in [-0.3, -0.25) is 4.79 Å². The molecule has 0 saturated heterocycles. The van der Waals surface area contributed by atoms with Crippen molar-refractivity contribution in [3.05, 3.63) is 29.3 Å². The first-order valence-corrected chi connectivity index (χ1v) is 5.94. The Bertz CT molecular complexity index is 386. The smallest absolute Gasteiger partial charge is 0.310 e. The number of ether oxygens (including phenoxy) is 1. The highest BCUT2D eigenvalue weighted by atomic mass is 16.5.